The van der Waals surface area contributed by atoms with E-state index in [1.54, 1.807) is 22.7 Å². The number of aromatic nitrogens is 1. The molecule has 4 heteroatoms. The van der Waals surface area contributed by atoms with E-state index < -0.39 is 0 Å². The highest BCUT2D eigenvalue weighted by Gasteiger charge is 2.02. The van der Waals surface area contributed by atoms with Gasteiger partial charge in [-0.1, -0.05) is 6.07 Å². The number of thiophene rings is 1. The molecular weight excluding hydrogens is 224 g/mol. The van der Waals surface area contributed by atoms with Crippen molar-refractivity contribution in [2.45, 2.75) is 26.9 Å². The molecule has 0 aliphatic rings. The van der Waals surface area contributed by atoms with Crippen LogP contribution in [0.25, 0.3) is 0 Å². The summed E-state index contributed by atoms with van der Waals surface area (Å²) in [6, 6.07) is 4.23. The first-order valence-electron chi connectivity index (χ1n) is 4.91. The first-order chi connectivity index (χ1) is 7.25. The van der Waals surface area contributed by atoms with Crippen LogP contribution in [0.3, 0.4) is 0 Å². The van der Waals surface area contributed by atoms with E-state index in [1.807, 2.05) is 0 Å². The summed E-state index contributed by atoms with van der Waals surface area (Å²) in [5.41, 5.74) is 1.16. The first kappa shape index (κ1) is 10.8. The van der Waals surface area contributed by atoms with Crippen LogP contribution < -0.4 is 5.32 Å². The van der Waals surface area contributed by atoms with Crippen LogP contribution in [0.2, 0.25) is 0 Å². The van der Waals surface area contributed by atoms with Gasteiger partial charge in [0.2, 0.25) is 0 Å². The maximum absolute atomic E-state index is 4.49. The van der Waals surface area contributed by atoms with Gasteiger partial charge in [0.1, 0.15) is 5.01 Å². The molecule has 0 aliphatic heterocycles. The highest BCUT2D eigenvalue weighted by atomic mass is 32.1. The Morgan fingerprint density at radius 2 is 2.20 bits per heavy atom. The number of nitrogens with zero attached hydrogens (tertiary/aromatic N) is 1. The van der Waals surface area contributed by atoms with E-state index in [9.17, 15) is 0 Å². The maximum atomic E-state index is 4.49. The largest absolute Gasteiger partial charge is 0.306 e. The predicted octanol–water partition coefficient (Wildman–Crippen LogP) is 3.11. The van der Waals surface area contributed by atoms with E-state index in [1.165, 1.54) is 14.8 Å². The number of thiazole rings is 1. The van der Waals surface area contributed by atoms with Crippen molar-refractivity contribution in [3.8, 4) is 0 Å². The normalized spacial score (nSPS) is 10.8. The Kier molecular flexibility index (Phi) is 3.51. The van der Waals surface area contributed by atoms with Gasteiger partial charge in [0, 0.05) is 22.8 Å². The second-order valence-corrected chi connectivity index (χ2v) is 5.75. The fourth-order valence-electron chi connectivity index (χ4n) is 1.32. The van der Waals surface area contributed by atoms with Gasteiger partial charge in [0.25, 0.3) is 0 Å². The van der Waals surface area contributed by atoms with Gasteiger partial charge in [-0.25, -0.2) is 4.98 Å². The van der Waals surface area contributed by atoms with Gasteiger partial charge in [-0.15, -0.1) is 22.7 Å². The molecule has 0 aliphatic carbocycles. The van der Waals surface area contributed by atoms with Crippen LogP contribution in [-0.4, -0.2) is 4.98 Å². The molecule has 0 saturated carbocycles. The Labute approximate surface area is 98.0 Å². The fraction of sp³-hybridized carbons (Fsp3) is 0.364. The summed E-state index contributed by atoms with van der Waals surface area (Å²) in [6.45, 7) is 6.00. The Bertz CT molecular complexity index is 398. The summed E-state index contributed by atoms with van der Waals surface area (Å²) in [5.74, 6) is 0. The average molecular weight is 238 g/mol. The van der Waals surface area contributed by atoms with Crippen LogP contribution in [-0.2, 0) is 13.1 Å². The summed E-state index contributed by atoms with van der Waals surface area (Å²) < 4.78 is 0. The summed E-state index contributed by atoms with van der Waals surface area (Å²) in [7, 11) is 0. The zero-order chi connectivity index (χ0) is 10.7. The van der Waals surface area contributed by atoms with E-state index in [-0.39, 0.29) is 0 Å². The molecule has 2 aromatic rings. The maximum Gasteiger partial charge on any atom is 0.107 e. The molecule has 0 unspecified atom stereocenters. The van der Waals surface area contributed by atoms with E-state index in [4.69, 9.17) is 0 Å². The minimum Gasteiger partial charge on any atom is -0.306 e. The monoisotopic (exact) mass is 238 g/mol. The van der Waals surface area contributed by atoms with Crippen molar-refractivity contribution in [1.82, 2.24) is 10.3 Å². The zero-order valence-electron chi connectivity index (χ0n) is 8.91. The second-order valence-electron chi connectivity index (χ2n) is 3.43. The first-order valence-corrected chi connectivity index (χ1v) is 6.61. The molecule has 1 N–H and O–H groups in total. The minimum absolute atomic E-state index is 0.872. The lowest BCUT2D eigenvalue weighted by Crippen LogP contribution is -2.11. The third-order valence-corrected chi connectivity index (χ3v) is 4.18. The Hall–Kier alpha value is -0.710. The van der Waals surface area contributed by atoms with Gasteiger partial charge in [0.05, 0.1) is 5.69 Å². The van der Waals surface area contributed by atoms with Gasteiger partial charge in [-0.3, -0.25) is 0 Å². The van der Waals surface area contributed by atoms with Crippen LogP contribution in [0.1, 0.15) is 20.5 Å². The van der Waals surface area contributed by atoms with Crippen molar-refractivity contribution < 1.29 is 0 Å². The molecule has 80 valence electrons. The molecule has 0 saturated heterocycles. The van der Waals surface area contributed by atoms with Crippen molar-refractivity contribution in [2.75, 3.05) is 0 Å². The molecule has 0 bridgehead atoms. The molecule has 15 heavy (non-hydrogen) atoms. The highest BCUT2D eigenvalue weighted by Crippen LogP contribution is 2.16. The van der Waals surface area contributed by atoms with Gasteiger partial charge in [-0.2, -0.15) is 0 Å². The molecule has 0 spiro atoms. The lowest BCUT2D eigenvalue weighted by Gasteiger charge is -1.98. The minimum atomic E-state index is 0.872. The Morgan fingerprint density at radius 1 is 1.33 bits per heavy atom. The topological polar surface area (TPSA) is 24.9 Å². The van der Waals surface area contributed by atoms with Crippen LogP contribution in [0.15, 0.2) is 17.5 Å². The standard InChI is InChI=1S/C11H14N2S2/c1-8-9(2)15-11(13-8)7-12-6-10-4-3-5-14-10/h3-5,12H,6-7H2,1-2H3. The van der Waals surface area contributed by atoms with Crippen molar-refractivity contribution in [1.29, 1.82) is 0 Å². The van der Waals surface area contributed by atoms with Crippen molar-refractivity contribution >= 4 is 22.7 Å². The molecule has 2 heterocycles. The van der Waals surface area contributed by atoms with E-state index in [0.29, 0.717) is 0 Å². The fourth-order valence-corrected chi connectivity index (χ4v) is 2.90. The van der Waals surface area contributed by atoms with Crippen LogP contribution in [0.5, 0.6) is 0 Å². The number of rotatable bonds is 4. The molecule has 2 rings (SSSR count). The number of aryl methyl sites for hydroxylation is 2. The highest BCUT2D eigenvalue weighted by molar-refractivity contribution is 7.11. The predicted molar refractivity (Wildman–Crippen MR) is 66.5 cm³/mol. The molecule has 0 amide bonds. The smallest absolute Gasteiger partial charge is 0.107 e. The van der Waals surface area contributed by atoms with E-state index in [0.717, 1.165) is 18.8 Å². The quantitative estimate of drug-likeness (QED) is 0.885. The zero-order valence-corrected chi connectivity index (χ0v) is 10.5. The second kappa shape index (κ2) is 4.88. The summed E-state index contributed by atoms with van der Waals surface area (Å²) in [4.78, 5) is 7.19. The molecule has 0 radical (unpaired) electrons. The Morgan fingerprint density at radius 3 is 2.80 bits per heavy atom. The lowest BCUT2D eigenvalue weighted by atomic mass is 10.4. The summed E-state index contributed by atoms with van der Waals surface area (Å²) >= 11 is 3.57. The molecule has 2 nitrogen and oxygen atoms in total. The lowest BCUT2D eigenvalue weighted by molar-refractivity contribution is 0.696. The third kappa shape index (κ3) is 2.87. The third-order valence-electron chi connectivity index (χ3n) is 2.23. The Balaban J connectivity index is 1.83. The van der Waals surface area contributed by atoms with Gasteiger partial charge in [0.15, 0.2) is 0 Å². The van der Waals surface area contributed by atoms with Gasteiger partial charge < -0.3 is 5.32 Å². The van der Waals surface area contributed by atoms with Crippen LogP contribution >= 0.6 is 22.7 Å². The van der Waals surface area contributed by atoms with Crippen LogP contribution in [0.4, 0.5) is 0 Å². The average Bonchev–Trinajstić information content (AvgIpc) is 2.79. The number of nitrogens with one attached hydrogen (secondary N) is 1. The van der Waals surface area contributed by atoms with Crippen molar-refractivity contribution in [2.24, 2.45) is 0 Å². The molecule has 0 aromatic carbocycles. The summed E-state index contributed by atoms with van der Waals surface area (Å²) in [5, 5.41) is 6.69. The molecule has 2 aromatic heterocycles. The van der Waals surface area contributed by atoms with E-state index >= 15 is 0 Å². The SMILES string of the molecule is Cc1nc(CNCc2cccs2)sc1C. The van der Waals surface area contributed by atoms with E-state index in [2.05, 4.69) is 41.7 Å². The molecule has 0 atom stereocenters. The molecular formula is C11H14N2S2. The van der Waals surface area contributed by atoms with Gasteiger partial charge >= 0.3 is 0 Å². The number of hydrogen-bond acceptors (Lipinski definition) is 4. The summed E-state index contributed by atoms with van der Waals surface area (Å²) in [6.07, 6.45) is 0. The number of hydrogen-bond donors (Lipinski definition) is 1. The van der Waals surface area contributed by atoms with Crippen molar-refractivity contribution in [3.63, 3.8) is 0 Å². The van der Waals surface area contributed by atoms with Crippen LogP contribution in [0, 0.1) is 13.8 Å². The molecule has 0 fully saturated rings. The van der Waals surface area contributed by atoms with Gasteiger partial charge in [-0.05, 0) is 25.3 Å². The van der Waals surface area contributed by atoms with Crippen molar-refractivity contribution in [3.05, 3.63) is 38.0 Å².